The van der Waals surface area contributed by atoms with Crippen LogP contribution in [0.1, 0.15) is 0 Å². The minimum Gasteiger partial charge on any atom is -0.332 e. The van der Waals surface area contributed by atoms with E-state index >= 15 is 0 Å². The van der Waals surface area contributed by atoms with Gasteiger partial charge in [0.25, 0.3) is 0 Å². The van der Waals surface area contributed by atoms with Gasteiger partial charge in [-0.3, -0.25) is 10.1 Å². The predicted octanol–water partition coefficient (Wildman–Crippen LogP) is 4.70. The first-order chi connectivity index (χ1) is 11.5. The van der Waals surface area contributed by atoms with Gasteiger partial charge in [-0.05, 0) is 35.8 Å². The monoisotopic (exact) mass is 341 g/mol. The quantitative estimate of drug-likeness (QED) is 0.411. The highest BCUT2D eigenvalue weighted by atomic mass is 32.1. The molecule has 0 aliphatic heterocycles. The van der Waals surface area contributed by atoms with E-state index in [0.717, 1.165) is 28.6 Å². The van der Waals surface area contributed by atoms with Gasteiger partial charge in [0.2, 0.25) is 5.82 Å². The van der Waals surface area contributed by atoms with Crippen LogP contribution in [0.4, 0.5) is 21.5 Å². The maximum Gasteiger partial charge on any atom is 0.306 e. The molecule has 0 bridgehead atoms. The lowest BCUT2D eigenvalue weighted by atomic mass is 10.1. The van der Waals surface area contributed by atoms with Crippen molar-refractivity contribution >= 4 is 45.2 Å². The van der Waals surface area contributed by atoms with E-state index in [1.54, 1.807) is 0 Å². The van der Waals surface area contributed by atoms with E-state index in [1.165, 1.54) is 6.07 Å². The molecule has 3 aromatic rings. The summed E-state index contributed by atoms with van der Waals surface area (Å²) in [7, 11) is 0. The van der Waals surface area contributed by atoms with Crippen molar-refractivity contribution in [3.8, 4) is 0 Å². The number of hydrogen-bond acceptors (Lipinski definition) is 3. The van der Waals surface area contributed by atoms with Crippen LogP contribution in [0.2, 0.25) is 0 Å². The average Bonchev–Trinajstić information content (AvgIpc) is 2.56. The van der Waals surface area contributed by atoms with Crippen LogP contribution in [0.25, 0.3) is 10.8 Å². The van der Waals surface area contributed by atoms with Crippen LogP contribution in [0.5, 0.6) is 0 Å². The summed E-state index contributed by atoms with van der Waals surface area (Å²) in [6.45, 7) is 0. The zero-order valence-electron chi connectivity index (χ0n) is 12.3. The average molecular weight is 341 g/mol. The number of anilines is 2. The van der Waals surface area contributed by atoms with E-state index in [4.69, 9.17) is 12.2 Å². The highest BCUT2D eigenvalue weighted by Crippen LogP contribution is 2.24. The maximum absolute atomic E-state index is 13.4. The van der Waals surface area contributed by atoms with Crippen molar-refractivity contribution in [1.29, 1.82) is 0 Å². The highest BCUT2D eigenvalue weighted by molar-refractivity contribution is 7.80. The first kappa shape index (κ1) is 15.8. The molecule has 0 aliphatic carbocycles. The molecule has 0 atom stereocenters. The van der Waals surface area contributed by atoms with Crippen LogP contribution in [0, 0.1) is 15.9 Å². The van der Waals surface area contributed by atoms with Gasteiger partial charge in [0.1, 0.15) is 0 Å². The third-order valence-electron chi connectivity index (χ3n) is 3.44. The second kappa shape index (κ2) is 6.59. The van der Waals surface area contributed by atoms with E-state index < -0.39 is 16.4 Å². The van der Waals surface area contributed by atoms with Crippen molar-refractivity contribution < 1.29 is 9.31 Å². The van der Waals surface area contributed by atoms with Crippen LogP contribution in [0.3, 0.4) is 0 Å². The van der Waals surface area contributed by atoms with E-state index in [-0.39, 0.29) is 5.11 Å². The van der Waals surface area contributed by atoms with Crippen LogP contribution in [-0.4, -0.2) is 10.0 Å². The Kier molecular flexibility index (Phi) is 4.35. The molecule has 0 amide bonds. The number of nitrogens with one attached hydrogen (secondary N) is 2. The third kappa shape index (κ3) is 3.31. The fourth-order valence-electron chi connectivity index (χ4n) is 2.35. The normalized spacial score (nSPS) is 10.4. The number of benzene rings is 3. The molecule has 7 heteroatoms. The Morgan fingerprint density at radius 1 is 1.04 bits per heavy atom. The Labute approximate surface area is 142 Å². The fraction of sp³-hybridized carbons (Fsp3) is 0. The smallest absolute Gasteiger partial charge is 0.306 e. The molecule has 24 heavy (non-hydrogen) atoms. The summed E-state index contributed by atoms with van der Waals surface area (Å²) in [5.74, 6) is -0.890. The standard InChI is InChI=1S/C17H12FN3O2S/c18-14-9-8-12(10-16(14)21(22)23)19-17(24)20-15-7-3-5-11-4-1-2-6-13(11)15/h1-10H,(H2,19,20,24). The number of thiocarbonyl (C=S) groups is 1. The molecular formula is C17H12FN3O2S. The molecule has 0 spiro atoms. The van der Waals surface area contributed by atoms with E-state index in [2.05, 4.69) is 10.6 Å². The molecular weight excluding hydrogens is 329 g/mol. The minimum atomic E-state index is -0.890. The number of hydrogen-bond donors (Lipinski definition) is 2. The molecule has 120 valence electrons. The van der Waals surface area contributed by atoms with Gasteiger partial charge in [-0.15, -0.1) is 0 Å². The summed E-state index contributed by atoms with van der Waals surface area (Å²) in [4.78, 5) is 10.0. The van der Waals surface area contributed by atoms with Crippen LogP contribution in [-0.2, 0) is 0 Å². The second-order valence-electron chi connectivity index (χ2n) is 5.03. The summed E-state index contributed by atoms with van der Waals surface area (Å²) in [5.41, 5.74) is 0.538. The van der Waals surface area contributed by atoms with Crippen LogP contribution < -0.4 is 10.6 Å². The largest absolute Gasteiger partial charge is 0.332 e. The number of fused-ring (bicyclic) bond motifs is 1. The number of rotatable bonds is 3. The Morgan fingerprint density at radius 3 is 2.58 bits per heavy atom. The lowest BCUT2D eigenvalue weighted by Crippen LogP contribution is -2.19. The molecule has 0 saturated heterocycles. The molecule has 3 aromatic carbocycles. The topological polar surface area (TPSA) is 67.2 Å². The first-order valence-electron chi connectivity index (χ1n) is 7.04. The summed E-state index contributed by atoms with van der Waals surface area (Å²) < 4.78 is 13.4. The SMILES string of the molecule is O=[N+]([O-])c1cc(NC(=S)Nc2cccc3ccccc23)ccc1F. The Hall–Kier alpha value is -3.06. The molecule has 0 fully saturated rings. The molecule has 0 radical (unpaired) electrons. The van der Waals surface area contributed by atoms with Gasteiger partial charge in [0.15, 0.2) is 5.11 Å². The predicted molar refractivity (Wildman–Crippen MR) is 96.8 cm³/mol. The van der Waals surface area contributed by atoms with Crippen molar-refractivity contribution in [2.24, 2.45) is 0 Å². The molecule has 0 saturated carbocycles. The van der Waals surface area contributed by atoms with Crippen molar-refractivity contribution in [3.05, 3.63) is 76.6 Å². The van der Waals surface area contributed by atoms with Gasteiger partial charge >= 0.3 is 5.69 Å². The first-order valence-corrected chi connectivity index (χ1v) is 7.45. The number of halogens is 1. The molecule has 0 aliphatic rings. The molecule has 0 aromatic heterocycles. The Bertz CT molecular complexity index is 941. The van der Waals surface area contributed by atoms with Gasteiger partial charge in [-0.2, -0.15) is 4.39 Å². The Morgan fingerprint density at radius 2 is 1.79 bits per heavy atom. The number of nitro groups is 1. The Balaban J connectivity index is 1.81. The number of nitro benzene ring substituents is 1. The summed E-state index contributed by atoms with van der Waals surface area (Å²) in [6, 6.07) is 17.1. The van der Waals surface area contributed by atoms with Crippen LogP contribution in [0.15, 0.2) is 60.7 Å². The van der Waals surface area contributed by atoms with Gasteiger partial charge in [-0.25, -0.2) is 0 Å². The van der Waals surface area contributed by atoms with Crippen molar-refractivity contribution in [2.75, 3.05) is 10.6 Å². The molecule has 5 nitrogen and oxygen atoms in total. The van der Waals surface area contributed by atoms with Crippen LogP contribution >= 0.6 is 12.2 Å². The zero-order valence-corrected chi connectivity index (χ0v) is 13.1. The van der Waals surface area contributed by atoms with Gasteiger partial charge < -0.3 is 10.6 Å². The van der Waals surface area contributed by atoms with E-state index in [1.807, 2.05) is 42.5 Å². The lowest BCUT2D eigenvalue weighted by Gasteiger charge is -2.12. The van der Waals surface area contributed by atoms with Crippen molar-refractivity contribution in [2.45, 2.75) is 0 Å². The zero-order chi connectivity index (χ0) is 17.1. The minimum absolute atomic E-state index is 0.257. The molecule has 3 rings (SSSR count). The van der Waals surface area contributed by atoms with Gasteiger partial charge in [0.05, 0.1) is 4.92 Å². The number of nitrogens with zero attached hydrogens (tertiary/aromatic N) is 1. The van der Waals surface area contributed by atoms with E-state index in [0.29, 0.717) is 5.69 Å². The molecule has 0 unspecified atom stereocenters. The summed E-state index contributed by atoms with van der Waals surface area (Å²) >= 11 is 5.24. The summed E-state index contributed by atoms with van der Waals surface area (Å²) in [5, 5.41) is 19.0. The van der Waals surface area contributed by atoms with Gasteiger partial charge in [0, 0.05) is 22.8 Å². The fourth-order valence-corrected chi connectivity index (χ4v) is 2.58. The lowest BCUT2D eigenvalue weighted by molar-refractivity contribution is -0.387. The molecule has 0 heterocycles. The second-order valence-corrected chi connectivity index (χ2v) is 5.44. The third-order valence-corrected chi connectivity index (χ3v) is 3.64. The van der Waals surface area contributed by atoms with Crippen molar-refractivity contribution in [1.82, 2.24) is 0 Å². The maximum atomic E-state index is 13.4. The van der Waals surface area contributed by atoms with Gasteiger partial charge in [-0.1, -0.05) is 36.4 Å². The summed E-state index contributed by atoms with van der Waals surface area (Å²) in [6.07, 6.45) is 0. The highest BCUT2D eigenvalue weighted by Gasteiger charge is 2.14. The van der Waals surface area contributed by atoms with E-state index in [9.17, 15) is 14.5 Å². The molecule has 2 N–H and O–H groups in total. The van der Waals surface area contributed by atoms with Crippen molar-refractivity contribution in [3.63, 3.8) is 0 Å².